The Morgan fingerprint density at radius 2 is 1.53 bits per heavy atom. The van der Waals surface area contributed by atoms with Gasteiger partial charge in [0.05, 0.1) is 7.11 Å². The summed E-state index contributed by atoms with van der Waals surface area (Å²) < 4.78 is 60.0. The third-order valence-electron chi connectivity index (χ3n) is 4.14. The molecule has 3 rings (SSSR count). The first-order valence-corrected chi connectivity index (χ1v) is 10.2. The van der Waals surface area contributed by atoms with Crippen LogP contribution in [0.1, 0.15) is 15.9 Å². The van der Waals surface area contributed by atoms with E-state index in [1.807, 2.05) is 6.92 Å². The summed E-state index contributed by atoms with van der Waals surface area (Å²) in [6, 6.07) is 13.1. The number of nitrogens with one attached hydrogen (secondary N) is 2. The van der Waals surface area contributed by atoms with Crippen LogP contribution in [-0.4, -0.2) is 21.4 Å². The van der Waals surface area contributed by atoms with Crippen molar-refractivity contribution in [2.45, 2.75) is 11.8 Å². The van der Waals surface area contributed by atoms with E-state index in [2.05, 4.69) is 10.0 Å². The van der Waals surface area contributed by atoms with Crippen LogP contribution < -0.4 is 14.8 Å². The number of benzene rings is 3. The van der Waals surface area contributed by atoms with E-state index in [4.69, 9.17) is 4.74 Å². The second-order valence-corrected chi connectivity index (χ2v) is 8.10. The van der Waals surface area contributed by atoms with Crippen molar-refractivity contribution in [3.63, 3.8) is 0 Å². The number of ether oxygens (including phenoxy) is 1. The van der Waals surface area contributed by atoms with Crippen molar-refractivity contribution in [3.8, 4) is 5.75 Å². The average Bonchev–Trinajstić information content (AvgIpc) is 2.68. The first kappa shape index (κ1) is 21.3. The maximum Gasteiger partial charge on any atom is 0.265 e. The molecule has 0 aliphatic heterocycles. The van der Waals surface area contributed by atoms with E-state index in [1.54, 1.807) is 24.3 Å². The standard InChI is InChI=1S/C21H18F2N2O4S/c1-13-3-6-17(7-4-13)25-30(27,28)20-9-14(5-8-19(20)29-2)21(26)24-18-11-15(22)10-16(23)12-18/h3-12,25H,1-2H3,(H,24,26). The number of methoxy groups -OCH3 is 1. The minimum absolute atomic E-state index is 0.0305. The monoisotopic (exact) mass is 432 g/mol. The van der Waals surface area contributed by atoms with E-state index in [-0.39, 0.29) is 21.9 Å². The molecule has 0 fully saturated rings. The van der Waals surface area contributed by atoms with Gasteiger partial charge in [-0.1, -0.05) is 17.7 Å². The predicted molar refractivity (Wildman–Crippen MR) is 109 cm³/mol. The number of amides is 1. The third-order valence-corrected chi connectivity index (χ3v) is 5.54. The molecule has 1 amide bonds. The number of aryl methyl sites for hydroxylation is 1. The maximum absolute atomic E-state index is 13.3. The van der Waals surface area contributed by atoms with Crippen molar-refractivity contribution >= 4 is 27.3 Å². The number of carbonyl (C=O) groups excluding carboxylic acids is 1. The summed E-state index contributed by atoms with van der Waals surface area (Å²) >= 11 is 0. The van der Waals surface area contributed by atoms with Crippen LogP contribution in [0.15, 0.2) is 65.6 Å². The average molecular weight is 432 g/mol. The molecule has 0 bridgehead atoms. The van der Waals surface area contributed by atoms with Crippen molar-refractivity contribution in [2.75, 3.05) is 17.1 Å². The van der Waals surface area contributed by atoms with Gasteiger partial charge in [0.2, 0.25) is 0 Å². The Morgan fingerprint density at radius 1 is 0.900 bits per heavy atom. The summed E-state index contributed by atoms with van der Waals surface area (Å²) in [6.45, 7) is 1.87. The van der Waals surface area contributed by atoms with Crippen LogP contribution in [0.5, 0.6) is 5.75 Å². The third kappa shape index (κ3) is 4.93. The number of hydrogen-bond donors (Lipinski definition) is 2. The van der Waals surface area contributed by atoms with Gasteiger partial charge in [0.25, 0.3) is 15.9 Å². The molecule has 0 saturated carbocycles. The molecule has 0 radical (unpaired) electrons. The van der Waals surface area contributed by atoms with E-state index in [0.29, 0.717) is 11.8 Å². The highest BCUT2D eigenvalue weighted by atomic mass is 32.2. The molecule has 2 N–H and O–H groups in total. The summed E-state index contributed by atoms with van der Waals surface area (Å²) in [7, 11) is -2.79. The first-order valence-electron chi connectivity index (χ1n) is 8.73. The van der Waals surface area contributed by atoms with E-state index >= 15 is 0 Å². The molecule has 9 heteroatoms. The van der Waals surface area contributed by atoms with Gasteiger partial charge in [-0.15, -0.1) is 0 Å². The minimum atomic E-state index is -4.09. The van der Waals surface area contributed by atoms with Crippen molar-refractivity contribution in [2.24, 2.45) is 0 Å². The maximum atomic E-state index is 13.3. The Labute approximate surface area is 172 Å². The quantitative estimate of drug-likeness (QED) is 0.607. The Morgan fingerprint density at radius 3 is 2.13 bits per heavy atom. The van der Waals surface area contributed by atoms with Crippen molar-refractivity contribution in [1.29, 1.82) is 0 Å². The van der Waals surface area contributed by atoms with E-state index in [9.17, 15) is 22.0 Å². The molecule has 6 nitrogen and oxygen atoms in total. The van der Waals surface area contributed by atoms with Crippen molar-refractivity contribution in [1.82, 2.24) is 0 Å². The number of hydrogen-bond acceptors (Lipinski definition) is 4. The molecular weight excluding hydrogens is 414 g/mol. The van der Waals surface area contributed by atoms with Crippen LogP contribution in [0, 0.1) is 18.6 Å². The fourth-order valence-electron chi connectivity index (χ4n) is 2.69. The zero-order valence-corrected chi connectivity index (χ0v) is 16.9. The van der Waals surface area contributed by atoms with Gasteiger partial charge >= 0.3 is 0 Å². The molecule has 0 unspecified atom stereocenters. The molecule has 0 heterocycles. The normalized spacial score (nSPS) is 11.1. The molecule has 0 aliphatic rings. The molecule has 0 saturated heterocycles. The Bertz CT molecular complexity index is 1180. The van der Waals surface area contributed by atoms with Gasteiger partial charge < -0.3 is 10.1 Å². The van der Waals surface area contributed by atoms with Crippen LogP contribution in [0.4, 0.5) is 20.2 Å². The number of rotatable bonds is 6. The Kier molecular flexibility index (Phi) is 6.02. The SMILES string of the molecule is COc1ccc(C(=O)Nc2cc(F)cc(F)c2)cc1S(=O)(=O)Nc1ccc(C)cc1. The lowest BCUT2D eigenvalue weighted by atomic mass is 10.2. The van der Waals surface area contributed by atoms with Crippen molar-refractivity contribution in [3.05, 3.63) is 83.4 Å². The highest BCUT2D eigenvalue weighted by molar-refractivity contribution is 7.92. The van der Waals surface area contributed by atoms with Crippen LogP contribution in [0.25, 0.3) is 0 Å². The largest absolute Gasteiger partial charge is 0.495 e. The molecule has 3 aromatic carbocycles. The zero-order valence-electron chi connectivity index (χ0n) is 16.1. The molecule has 0 aliphatic carbocycles. The number of anilines is 2. The molecule has 0 atom stereocenters. The highest BCUT2D eigenvalue weighted by Gasteiger charge is 2.22. The highest BCUT2D eigenvalue weighted by Crippen LogP contribution is 2.27. The lowest BCUT2D eigenvalue weighted by Crippen LogP contribution is -2.17. The molecule has 156 valence electrons. The van der Waals surface area contributed by atoms with Crippen LogP contribution in [0.2, 0.25) is 0 Å². The van der Waals surface area contributed by atoms with Gasteiger partial charge in [-0.3, -0.25) is 9.52 Å². The van der Waals surface area contributed by atoms with E-state index < -0.39 is 27.6 Å². The summed E-state index contributed by atoms with van der Waals surface area (Å²) in [5.74, 6) is -2.42. The molecule has 0 aromatic heterocycles. The Hall–Kier alpha value is -3.46. The fraction of sp³-hybridized carbons (Fsp3) is 0.0952. The second kappa shape index (κ2) is 8.50. The fourth-order valence-corrected chi connectivity index (χ4v) is 3.94. The van der Waals surface area contributed by atoms with Gasteiger partial charge in [0.1, 0.15) is 22.3 Å². The molecule has 30 heavy (non-hydrogen) atoms. The smallest absolute Gasteiger partial charge is 0.265 e. The lowest BCUT2D eigenvalue weighted by molar-refractivity contribution is 0.102. The Balaban J connectivity index is 1.92. The molecular formula is C21H18F2N2O4S. The summed E-state index contributed by atoms with van der Waals surface area (Å²) in [5.41, 5.74) is 1.16. The molecule has 3 aromatic rings. The van der Waals surface area contributed by atoms with Gasteiger partial charge in [-0.2, -0.15) is 0 Å². The van der Waals surface area contributed by atoms with Gasteiger partial charge in [-0.25, -0.2) is 17.2 Å². The number of carbonyl (C=O) groups is 1. The second-order valence-electron chi connectivity index (χ2n) is 6.45. The molecule has 0 spiro atoms. The van der Waals surface area contributed by atoms with Crippen LogP contribution in [0.3, 0.4) is 0 Å². The topological polar surface area (TPSA) is 84.5 Å². The van der Waals surface area contributed by atoms with Gasteiger partial charge in [0, 0.05) is 23.0 Å². The van der Waals surface area contributed by atoms with Crippen LogP contribution >= 0.6 is 0 Å². The van der Waals surface area contributed by atoms with E-state index in [0.717, 1.165) is 23.8 Å². The van der Waals surface area contributed by atoms with Crippen molar-refractivity contribution < 1.29 is 26.7 Å². The summed E-state index contributed by atoms with van der Waals surface area (Å²) in [5, 5.41) is 2.34. The van der Waals surface area contributed by atoms with Gasteiger partial charge in [0.15, 0.2) is 0 Å². The van der Waals surface area contributed by atoms with Gasteiger partial charge in [-0.05, 0) is 49.4 Å². The minimum Gasteiger partial charge on any atom is -0.495 e. The first-order chi connectivity index (χ1) is 14.2. The lowest BCUT2D eigenvalue weighted by Gasteiger charge is -2.13. The van der Waals surface area contributed by atoms with Crippen LogP contribution in [-0.2, 0) is 10.0 Å². The van der Waals surface area contributed by atoms with E-state index in [1.165, 1.54) is 19.2 Å². The number of sulfonamides is 1. The summed E-state index contributed by atoms with van der Waals surface area (Å²) in [6.07, 6.45) is 0. The predicted octanol–water partition coefficient (Wildman–Crippen LogP) is 4.33. The summed E-state index contributed by atoms with van der Waals surface area (Å²) in [4.78, 5) is 12.2. The zero-order chi connectivity index (χ0) is 21.9. The number of halogens is 2.